The van der Waals surface area contributed by atoms with Crippen molar-refractivity contribution in [2.45, 2.75) is 6.92 Å². The summed E-state index contributed by atoms with van der Waals surface area (Å²) in [6, 6.07) is 12.1. The molecule has 1 aliphatic heterocycles. The van der Waals surface area contributed by atoms with Crippen LogP contribution >= 0.6 is 28.1 Å². The Balaban J connectivity index is 1.96. The fourth-order valence-electron chi connectivity index (χ4n) is 2.77. The van der Waals surface area contributed by atoms with Gasteiger partial charge in [-0.25, -0.2) is 0 Å². The number of ether oxygens (including phenoxy) is 2. The molecule has 1 saturated heterocycles. The van der Waals surface area contributed by atoms with E-state index in [4.69, 9.17) is 28.1 Å². The first-order valence-corrected chi connectivity index (χ1v) is 10.1. The van der Waals surface area contributed by atoms with E-state index in [1.807, 2.05) is 6.92 Å². The van der Waals surface area contributed by atoms with E-state index in [2.05, 4.69) is 27.2 Å². The summed E-state index contributed by atoms with van der Waals surface area (Å²) in [5, 5.41) is 2.59. The van der Waals surface area contributed by atoms with E-state index in [9.17, 15) is 9.59 Å². The second-order valence-corrected chi connectivity index (χ2v) is 7.37. The maximum Gasteiger partial charge on any atom is 0.270 e. The Labute approximate surface area is 188 Å². The van der Waals surface area contributed by atoms with E-state index >= 15 is 0 Å². The summed E-state index contributed by atoms with van der Waals surface area (Å²) in [7, 11) is 0. The highest BCUT2D eigenvalue weighted by Gasteiger charge is 2.34. The highest BCUT2D eigenvalue weighted by molar-refractivity contribution is 9.10. The van der Waals surface area contributed by atoms with Gasteiger partial charge in [0.1, 0.15) is 12.2 Å². The predicted molar refractivity (Wildman–Crippen MR) is 122 cm³/mol. The molecule has 0 spiro atoms. The van der Waals surface area contributed by atoms with Crippen LogP contribution in [0.15, 0.2) is 52.5 Å². The van der Waals surface area contributed by atoms with Crippen molar-refractivity contribution in [1.29, 1.82) is 0 Å². The third-order valence-electron chi connectivity index (χ3n) is 4.08. The maximum absolute atomic E-state index is 13.1. The lowest BCUT2D eigenvalue weighted by atomic mass is 10.1. The van der Waals surface area contributed by atoms with Crippen LogP contribution in [0.25, 0.3) is 6.08 Å². The number of amides is 2. The van der Waals surface area contributed by atoms with E-state index < -0.39 is 11.8 Å². The zero-order chi connectivity index (χ0) is 21.7. The minimum Gasteiger partial charge on any atom is -0.490 e. The van der Waals surface area contributed by atoms with Crippen LogP contribution in [-0.4, -0.2) is 30.1 Å². The Morgan fingerprint density at radius 3 is 2.57 bits per heavy atom. The molecule has 0 radical (unpaired) electrons. The van der Waals surface area contributed by atoms with Gasteiger partial charge < -0.3 is 9.47 Å². The summed E-state index contributed by atoms with van der Waals surface area (Å²) in [5.41, 5.74) is 1.09. The number of hydrogen-bond donors (Lipinski definition) is 1. The van der Waals surface area contributed by atoms with Gasteiger partial charge in [-0.3, -0.25) is 19.8 Å². The van der Waals surface area contributed by atoms with Gasteiger partial charge in [0.2, 0.25) is 0 Å². The monoisotopic (exact) mass is 484 g/mol. The molecule has 8 heteroatoms. The normalized spacial score (nSPS) is 15.0. The molecule has 3 rings (SSSR count). The number of nitrogens with zero attached hydrogens (tertiary/aromatic N) is 1. The summed E-state index contributed by atoms with van der Waals surface area (Å²) in [6.07, 6.45) is 6.72. The standard InChI is InChI=1S/C22H17BrN2O4S/c1-3-11-29-18-10-5-14(13-19(18)28-4-2)12-17-20(26)24-22(30)25(21(17)27)16-8-6-15(23)7-9-16/h1,5-10,12-13H,4,11H2,2H3,(H,24,26,30)/b17-12-. The lowest BCUT2D eigenvalue weighted by Gasteiger charge is -2.29. The van der Waals surface area contributed by atoms with Crippen molar-refractivity contribution in [3.63, 3.8) is 0 Å². The quantitative estimate of drug-likeness (QED) is 0.293. The van der Waals surface area contributed by atoms with Gasteiger partial charge in [-0.05, 0) is 67.2 Å². The number of thiocarbonyl (C=S) groups is 1. The fourth-order valence-corrected chi connectivity index (χ4v) is 3.32. The van der Waals surface area contributed by atoms with Crippen LogP contribution < -0.4 is 19.7 Å². The van der Waals surface area contributed by atoms with Crippen LogP contribution in [-0.2, 0) is 9.59 Å². The van der Waals surface area contributed by atoms with Crippen molar-refractivity contribution in [2.24, 2.45) is 0 Å². The molecule has 6 nitrogen and oxygen atoms in total. The molecule has 30 heavy (non-hydrogen) atoms. The number of terminal acetylenes is 1. The Bertz CT molecular complexity index is 1070. The van der Waals surface area contributed by atoms with E-state index in [-0.39, 0.29) is 17.3 Å². The molecule has 2 aromatic carbocycles. The molecular weight excluding hydrogens is 468 g/mol. The number of benzene rings is 2. The van der Waals surface area contributed by atoms with Crippen molar-refractivity contribution in [3.05, 3.63) is 58.1 Å². The number of anilines is 1. The lowest BCUT2D eigenvalue weighted by molar-refractivity contribution is -0.122. The molecule has 0 atom stereocenters. The van der Waals surface area contributed by atoms with Gasteiger partial charge in [0.25, 0.3) is 11.8 Å². The number of halogens is 1. The van der Waals surface area contributed by atoms with Gasteiger partial charge in [0.15, 0.2) is 16.6 Å². The van der Waals surface area contributed by atoms with Crippen LogP contribution in [0.1, 0.15) is 12.5 Å². The second kappa shape index (κ2) is 9.57. The van der Waals surface area contributed by atoms with Gasteiger partial charge in [-0.1, -0.05) is 27.9 Å². The molecule has 0 bridgehead atoms. The highest BCUT2D eigenvalue weighted by atomic mass is 79.9. The van der Waals surface area contributed by atoms with Crippen molar-refractivity contribution >= 4 is 56.8 Å². The van der Waals surface area contributed by atoms with Crippen LogP contribution in [0, 0.1) is 12.3 Å². The first-order valence-electron chi connectivity index (χ1n) is 8.94. The maximum atomic E-state index is 13.1. The minimum atomic E-state index is -0.566. The van der Waals surface area contributed by atoms with E-state index in [1.165, 1.54) is 11.0 Å². The molecule has 2 aromatic rings. The Morgan fingerprint density at radius 1 is 1.17 bits per heavy atom. The average Bonchev–Trinajstić information content (AvgIpc) is 2.72. The molecular formula is C22H17BrN2O4S. The summed E-state index contributed by atoms with van der Waals surface area (Å²) >= 11 is 8.56. The molecule has 0 saturated carbocycles. The molecule has 1 N–H and O–H groups in total. The summed E-state index contributed by atoms with van der Waals surface area (Å²) in [4.78, 5) is 26.8. The Morgan fingerprint density at radius 2 is 1.90 bits per heavy atom. The SMILES string of the molecule is C#CCOc1ccc(/C=C2/C(=O)NC(=S)N(c3ccc(Br)cc3)C2=O)cc1OCC. The largest absolute Gasteiger partial charge is 0.490 e. The van der Waals surface area contributed by atoms with Crippen LogP contribution in [0.4, 0.5) is 5.69 Å². The minimum absolute atomic E-state index is 0.0255. The van der Waals surface area contributed by atoms with Crippen molar-refractivity contribution in [3.8, 4) is 23.8 Å². The topological polar surface area (TPSA) is 67.9 Å². The van der Waals surface area contributed by atoms with Gasteiger partial charge in [-0.15, -0.1) is 6.42 Å². The zero-order valence-electron chi connectivity index (χ0n) is 16.0. The predicted octanol–water partition coefficient (Wildman–Crippen LogP) is 3.69. The van der Waals surface area contributed by atoms with Crippen LogP contribution in [0.3, 0.4) is 0 Å². The van der Waals surface area contributed by atoms with Crippen molar-refractivity contribution in [1.82, 2.24) is 5.32 Å². The molecule has 0 unspecified atom stereocenters. The van der Waals surface area contributed by atoms with Gasteiger partial charge in [-0.2, -0.15) is 0 Å². The van der Waals surface area contributed by atoms with Crippen LogP contribution in [0.5, 0.6) is 11.5 Å². The van der Waals surface area contributed by atoms with E-state index in [1.54, 1.807) is 42.5 Å². The molecule has 0 aromatic heterocycles. The zero-order valence-corrected chi connectivity index (χ0v) is 18.4. The Kier molecular flexibility index (Phi) is 6.87. The fraction of sp³-hybridized carbons (Fsp3) is 0.136. The van der Waals surface area contributed by atoms with Crippen molar-refractivity contribution < 1.29 is 19.1 Å². The first-order chi connectivity index (χ1) is 14.4. The highest BCUT2D eigenvalue weighted by Crippen LogP contribution is 2.30. The molecule has 1 fully saturated rings. The summed E-state index contributed by atoms with van der Waals surface area (Å²) in [5.74, 6) is 2.26. The van der Waals surface area contributed by atoms with E-state index in [0.717, 1.165) is 4.47 Å². The third-order valence-corrected chi connectivity index (χ3v) is 4.89. The number of hydrogen-bond acceptors (Lipinski definition) is 5. The average molecular weight is 485 g/mol. The first kappa shape index (κ1) is 21.6. The smallest absolute Gasteiger partial charge is 0.270 e. The Hall–Kier alpha value is -3.15. The number of rotatable bonds is 6. The second-order valence-electron chi connectivity index (χ2n) is 6.07. The summed E-state index contributed by atoms with van der Waals surface area (Å²) < 4.78 is 11.9. The number of nitrogens with one attached hydrogen (secondary N) is 1. The summed E-state index contributed by atoms with van der Waals surface area (Å²) in [6.45, 7) is 2.35. The molecule has 152 valence electrons. The lowest BCUT2D eigenvalue weighted by Crippen LogP contribution is -2.54. The van der Waals surface area contributed by atoms with Crippen LogP contribution in [0.2, 0.25) is 0 Å². The van der Waals surface area contributed by atoms with Gasteiger partial charge >= 0.3 is 0 Å². The number of carbonyl (C=O) groups is 2. The van der Waals surface area contributed by atoms with Gasteiger partial charge in [0.05, 0.1) is 12.3 Å². The third kappa shape index (κ3) is 4.70. The molecule has 0 aliphatic carbocycles. The number of carbonyl (C=O) groups excluding carboxylic acids is 2. The molecule has 2 amide bonds. The molecule has 1 heterocycles. The van der Waals surface area contributed by atoms with Crippen molar-refractivity contribution in [2.75, 3.05) is 18.1 Å². The molecule has 1 aliphatic rings. The van der Waals surface area contributed by atoms with E-state index in [0.29, 0.717) is 29.4 Å². The van der Waals surface area contributed by atoms with Gasteiger partial charge in [0, 0.05) is 4.47 Å².